The van der Waals surface area contributed by atoms with E-state index in [0.717, 1.165) is 0 Å². The summed E-state index contributed by atoms with van der Waals surface area (Å²) in [5, 5.41) is 15.6. The Bertz CT molecular complexity index is 445. The molecule has 0 bridgehead atoms. The van der Waals surface area contributed by atoms with Gasteiger partial charge in [-0.15, -0.1) is 0 Å². The third-order valence-electron chi connectivity index (χ3n) is 1.78. The molecule has 0 aromatic heterocycles. The molecular weight excluding hydrogens is 246 g/mol. The van der Waals surface area contributed by atoms with Gasteiger partial charge >= 0.3 is 6.03 Å². The van der Waals surface area contributed by atoms with Crippen LogP contribution in [0.3, 0.4) is 0 Å². The molecule has 0 fully saturated rings. The maximum absolute atomic E-state index is 11.3. The van der Waals surface area contributed by atoms with Crippen LogP contribution >= 0.6 is 11.6 Å². The zero-order chi connectivity index (χ0) is 12.8. The molecule has 0 saturated carbocycles. The van der Waals surface area contributed by atoms with Crippen LogP contribution in [0.5, 0.6) is 0 Å². The molecule has 0 radical (unpaired) electrons. The molecule has 0 aliphatic heterocycles. The number of urea groups is 1. The second-order valence-corrected chi connectivity index (χ2v) is 3.66. The molecular formula is C10H10ClN3O3. The van der Waals surface area contributed by atoms with Crippen LogP contribution in [0.4, 0.5) is 16.2 Å². The number of carbonyl (C=O) groups is 1. The highest BCUT2D eigenvalue weighted by Crippen LogP contribution is 2.15. The van der Waals surface area contributed by atoms with E-state index in [9.17, 15) is 14.9 Å². The molecule has 0 aliphatic carbocycles. The zero-order valence-electron chi connectivity index (χ0n) is 8.77. The SMILES string of the molecule is C=C(Cl)CNC(=O)Nc1ccc([N+](=O)[O-])cc1. The second kappa shape index (κ2) is 5.86. The van der Waals surface area contributed by atoms with E-state index < -0.39 is 11.0 Å². The van der Waals surface area contributed by atoms with Crippen LogP contribution in [0.25, 0.3) is 0 Å². The van der Waals surface area contributed by atoms with Gasteiger partial charge in [0.05, 0.1) is 11.5 Å². The van der Waals surface area contributed by atoms with Gasteiger partial charge in [-0.1, -0.05) is 18.2 Å². The fourth-order valence-corrected chi connectivity index (χ4v) is 1.08. The van der Waals surface area contributed by atoms with E-state index in [0.29, 0.717) is 10.7 Å². The second-order valence-electron chi connectivity index (χ2n) is 3.13. The van der Waals surface area contributed by atoms with Crippen LogP contribution in [0.15, 0.2) is 35.9 Å². The number of anilines is 1. The molecule has 0 saturated heterocycles. The number of nitro benzene ring substituents is 1. The van der Waals surface area contributed by atoms with Crippen LogP contribution in [0.1, 0.15) is 0 Å². The lowest BCUT2D eigenvalue weighted by Gasteiger charge is -2.06. The van der Waals surface area contributed by atoms with Crippen molar-refractivity contribution in [3.05, 3.63) is 46.0 Å². The summed E-state index contributed by atoms with van der Waals surface area (Å²) in [5.74, 6) is 0. The fraction of sp³-hybridized carbons (Fsp3) is 0.100. The van der Waals surface area contributed by atoms with Crippen molar-refractivity contribution < 1.29 is 9.72 Å². The largest absolute Gasteiger partial charge is 0.333 e. The standard InChI is InChI=1S/C10H10ClN3O3/c1-7(11)6-12-10(15)13-8-2-4-9(5-3-8)14(16)17/h2-5H,1,6H2,(H2,12,13,15). The quantitative estimate of drug-likeness (QED) is 0.640. The van der Waals surface area contributed by atoms with Gasteiger partial charge in [-0.25, -0.2) is 4.79 Å². The number of nitro groups is 1. The van der Waals surface area contributed by atoms with Crippen molar-refractivity contribution in [3.63, 3.8) is 0 Å². The molecule has 0 heterocycles. The lowest BCUT2D eigenvalue weighted by molar-refractivity contribution is -0.384. The van der Waals surface area contributed by atoms with Crippen molar-refractivity contribution in [2.24, 2.45) is 0 Å². The summed E-state index contributed by atoms with van der Waals surface area (Å²) < 4.78 is 0. The van der Waals surface area contributed by atoms with Crippen LogP contribution in [-0.4, -0.2) is 17.5 Å². The molecule has 0 aliphatic rings. The molecule has 1 rings (SSSR count). The van der Waals surface area contributed by atoms with Crippen LogP contribution in [-0.2, 0) is 0 Å². The molecule has 2 amide bonds. The van der Waals surface area contributed by atoms with Crippen molar-refractivity contribution in [2.45, 2.75) is 0 Å². The molecule has 0 unspecified atom stereocenters. The minimum atomic E-state index is -0.513. The lowest BCUT2D eigenvalue weighted by Crippen LogP contribution is -2.29. The average Bonchev–Trinajstić information content (AvgIpc) is 2.27. The van der Waals surface area contributed by atoms with Gasteiger partial charge in [0.2, 0.25) is 0 Å². The van der Waals surface area contributed by atoms with E-state index >= 15 is 0 Å². The van der Waals surface area contributed by atoms with Gasteiger partial charge in [-0.3, -0.25) is 10.1 Å². The summed E-state index contributed by atoms with van der Waals surface area (Å²) in [6.07, 6.45) is 0. The van der Waals surface area contributed by atoms with E-state index in [1.165, 1.54) is 24.3 Å². The summed E-state index contributed by atoms with van der Waals surface area (Å²) in [5.41, 5.74) is 0.415. The molecule has 0 atom stereocenters. The summed E-state index contributed by atoms with van der Waals surface area (Å²) >= 11 is 5.47. The van der Waals surface area contributed by atoms with Crippen molar-refractivity contribution in [1.82, 2.24) is 5.32 Å². The number of hydrogen-bond acceptors (Lipinski definition) is 3. The number of benzene rings is 1. The van der Waals surface area contributed by atoms with E-state index in [1.807, 2.05) is 0 Å². The fourth-order valence-electron chi connectivity index (χ4n) is 1.02. The summed E-state index contributed by atoms with van der Waals surface area (Å²) in [6, 6.07) is 5.02. The van der Waals surface area contributed by atoms with Crippen LogP contribution in [0.2, 0.25) is 0 Å². The number of nitrogens with one attached hydrogen (secondary N) is 2. The highest BCUT2D eigenvalue weighted by molar-refractivity contribution is 6.29. The van der Waals surface area contributed by atoms with Gasteiger partial charge in [-0.05, 0) is 12.1 Å². The Hall–Kier alpha value is -2.08. The predicted octanol–water partition coefficient (Wildman–Crippen LogP) is 2.47. The number of carbonyl (C=O) groups excluding carboxylic acids is 1. The summed E-state index contributed by atoms with van der Waals surface area (Å²) in [7, 11) is 0. The van der Waals surface area contributed by atoms with Gasteiger partial charge < -0.3 is 10.6 Å². The minimum Gasteiger partial charge on any atom is -0.333 e. The Morgan fingerprint density at radius 2 is 2.00 bits per heavy atom. The minimum absolute atomic E-state index is 0.0369. The highest BCUT2D eigenvalue weighted by Gasteiger charge is 2.05. The normalized spacial score (nSPS) is 9.47. The third-order valence-corrected chi connectivity index (χ3v) is 1.91. The number of halogens is 1. The van der Waals surface area contributed by atoms with Gasteiger partial charge in [0.1, 0.15) is 0 Å². The molecule has 2 N–H and O–H groups in total. The van der Waals surface area contributed by atoms with E-state index in [2.05, 4.69) is 17.2 Å². The monoisotopic (exact) mass is 255 g/mol. The summed E-state index contributed by atoms with van der Waals surface area (Å²) in [4.78, 5) is 21.2. The zero-order valence-corrected chi connectivity index (χ0v) is 9.53. The number of amides is 2. The summed E-state index contributed by atoms with van der Waals surface area (Å²) in [6.45, 7) is 3.57. The molecule has 17 heavy (non-hydrogen) atoms. The van der Waals surface area contributed by atoms with E-state index in [1.54, 1.807) is 0 Å². The van der Waals surface area contributed by atoms with Crippen molar-refractivity contribution >= 4 is 29.0 Å². The Morgan fingerprint density at radius 3 is 2.47 bits per heavy atom. The van der Waals surface area contributed by atoms with Gasteiger partial charge in [0.15, 0.2) is 0 Å². The van der Waals surface area contributed by atoms with E-state index in [4.69, 9.17) is 11.6 Å². The first-order valence-electron chi connectivity index (χ1n) is 4.61. The van der Waals surface area contributed by atoms with Crippen molar-refractivity contribution in [3.8, 4) is 0 Å². The van der Waals surface area contributed by atoms with Crippen LogP contribution < -0.4 is 10.6 Å². The maximum Gasteiger partial charge on any atom is 0.319 e. The Kier molecular flexibility index (Phi) is 4.47. The number of non-ortho nitro benzene ring substituents is 1. The number of nitrogens with zero attached hydrogens (tertiary/aromatic N) is 1. The lowest BCUT2D eigenvalue weighted by atomic mass is 10.3. The molecule has 6 nitrogen and oxygen atoms in total. The smallest absolute Gasteiger partial charge is 0.319 e. The number of hydrogen-bond donors (Lipinski definition) is 2. The first-order valence-corrected chi connectivity index (χ1v) is 4.99. The van der Waals surface area contributed by atoms with Crippen LogP contribution in [0, 0.1) is 10.1 Å². The van der Waals surface area contributed by atoms with E-state index in [-0.39, 0.29) is 12.2 Å². The van der Waals surface area contributed by atoms with Gasteiger partial charge in [-0.2, -0.15) is 0 Å². The molecule has 0 spiro atoms. The Morgan fingerprint density at radius 1 is 1.41 bits per heavy atom. The highest BCUT2D eigenvalue weighted by atomic mass is 35.5. The average molecular weight is 256 g/mol. The Balaban J connectivity index is 2.54. The molecule has 7 heteroatoms. The number of rotatable bonds is 4. The molecule has 1 aromatic carbocycles. The Labute approximate surface area is 102 Å². The first-order chi connectivity index (χ1) is 7.99. The molecule has 90 valence electrons. The van der Waals surface area contributed by atoms with Crippen molar-refractivity contribution in [2.75, 3.05) is 11.9 Å². The van der Waals surface area contributed by atoms with Gasteiger partial charge in [0.25, 0.3) is 5.69 Å². The predicted molar refractivity (Wildman–Crippen MR) is 65.1 cm³/mol. The molecule has 1 aromatic rings. The van der Waals surface area contributed by atoms with Crippen molar-refractivity contribution in [1.29, 1.82) is 0 Å². The first kappa shape index (κ1) is 13.0. The van der Waals surface area contributed by atoms with Gasteiger partial charge in [0, 0.05) is 22.9 Å². The third kappa shape index (κ3) is 4.52. The topological polar surface area (TPSA) is 84.3 Å². The maximum atomic E-state index is 11.3.